The summed E-state index contributed by atoms with van der Waals surface area (Å²) in [5, 5.41) is 3.42. The molecule has 3 heterocycles. The standard InChI is InChI=1S/C22H21N5O2S/c1-2-8-16-13-18(28)26-22(23-16)30-14-19(29)25-21-20(15-9-4-3-5-10-15)24-17-11-6-7-12-27(17)21/h3-7,9-13H,2,8,14H2,1H3,(H,25,29)(H,23,26,28). The molecule has 30 heavy (non-hydrogen) atoms. The Balaban J connectivity index is 1.56. The first-order valence-corrected chi connectivity index (χ1v) is 10.7. The Morgan fingerprint density at radius 3 is 2.73 bits per heavy atom. The lowest BCUT2D eigenvalue weighted by atomic mass is 10.1. The first-order valence-electron chi connectivity index (χ1n) is 9.69. The van der Waals surface area contributed by atoms with Crippen LogP contribution in [0, 0.1) is 0 Å². The number of hydrogen-bond acceptors (Lipinski definition) is 5. The van der Waals surface area contributed by atoms with E-state index in [4.69, 9.17) is 0 Å². The van der Waals surface area contributed by atoms with Crippen molar-refractivity contribution in [1.29, 1.82) is 0 Å². The maximum absolute atomic E-state index is 12.7. The van der Waals surface area contributed by atoms with E-state index >= 15 is 0 Å². The van der Waals surface area contributed by atoms with Crippen LogP contribution in [0.2, 0.25) is 0 Å². The van der Waals surface area contributed by atoms with Crippen LogP contribution in [0.5, 0.6) is 0 Å². The summed E-state index contributed by atoms with van der Waals surface area (Å²) in [5.41, 5.74) is 2.90. The third kappa shape index (κ3) is 4.44. The average Bonchev–Trinajstić information content (AvgIpc) is 3.11. The molecule has 0 radical (unpaired) electrons. The molecule has 1 amide bonds. The van der Waals surface area contributed by atoms with E-state index in [1.807, 2.05) is 66.1 Å². The second-order valence-corrected chi connectivity index (χ2v) is 7.70. The van der Waals surface area contributed by atoms with Crippen molar-refractivity contribution >= 4 is 29.1 Å². The van der Waals surface area contributed by atoms with Gasteiger partial charge in [0, 0.05) is 23.5 Å². The quantitative estimate of drug-likeness (QED) is 0.351. The van der Waals surface area contributed by atoms with E-state index in [9.17, 15) is 9.59 Å². The number of nitrogens with one attached hydrogen (secondary N) is 2. The summed E-state index contributed by atoms with van der Waals surface area (Å²) in [5.74, 6) is 0.530. The van der Waals surface area contributed by atoms with E-state index in [0.717, 1.165) is 29.7 Å². The number of H-pyrrole nitrogens is 1. The van der Waals surface area contributed by atoms with Crippen LogP contribution in [0.15, 0.2) is 70.7 Å². The second-order valence-electron chi connectivity index (χ2n) is 6.73. The van der Waals surface area contributed by atoms with Crippen LogP contribution < -0.4 is 10.9 Å². The predicted octanol–water partition coefficient (Wildman–Crippen LogP) is 3.77. The molecule has 4 rings (SSSR count). The van der Waals surface area contributed by atoms with E-state index in [2.05, 4.69) is 20.3 Å². The molecule has 0 aliphatic carbocycles. The van der Waals surface area contributed by atoms with Gasteiger partial charge in [0.1, 0.15) is 17.2 Å². The Kier molecular flexibility index (Phi) is 5.94. The van der Waals surface area contributed by atoms with Crippen molar-refractivity contribution in [3.8, 4) is 11.3 Å². The number of carbonyl (C=O) groups is 1. The van der Waals surface area contributed by atoms with Crippen LogP contribution >= 0.6 is 11.8 Å². The highest BCUT2D eigenvalue weighted by Crippen LogP contribution is 2.28. The van der Waals surface area contributed by atoms with Crippen molar-refractivity contribution in [1.82, 2.24) is 19.4 Å². The number of nitrogens with zero attached hydrogens (tertiary/aromatic N) is 3. The molecule has 0 bridgehead atoms. The Labute approximate surface area is 177 Å². The Morgan fingerprint density at radius 2 is 1.93 bits per heavy atom. The van der Waals surface area contributed by atoms with Gasteiger partial charge in [0.2, 0.25) is 5.91 Å². The van der Waals surface area contributed by atoms with Gasteiger partial charge in [-0.05, 0) is 18.6 Å². The molecule has 2 N–H and O–H groups in total. The maximum atomic E-state index is 12.7. The van der Waals surface area contributed by atoms with Gasteiger partial charge in [-0.3, -0.25) is 14.0 Å². The number of hydrogen-bond donors (Lipinski definition) is 2. The zero-order chi connectivity index (χ0) is 20.9. The number of fused-ring (bicyclic) bond motifs is 1. The summed E-state index contributed by atoms with van der Waals surface area (Å²) >= 11 is 1.20. The minimum Gasteiger partial charge on any atom is -0.309 e. The van der Waals surface area contributed by atoms with E-state index in [1.165, 1.54) is 17.8 Å². The van der Waals surface area contributed by atoms with E-state index in [-0.39, 0.29) is 17.2 Å². The van der Waals surface area contributed by atoms with Crippen LogP contribution in [0.1, 0.15) is 19.0 Å². The highest BCUT2D eigenvalue weighted by molar-refractivity contribution is 7.99. The van der Waals surface area contributed by atoms with Crippen molar-refractivity contribution in [2.24, 2.45) is 0 Å². The molecule has 0 spiro atoms. The maximum Gasteiger partial charge on any atom is 0.251 e. The smallest absolute Gasteiger partial charge is 0.251 e. The normalized spacial score (nSPS) is 11.0. The summed E-state index contributed by atoms with van der Waals surface area (Å²) in [6.07, 6.45) is 3.49. The molecular weight excluding hydrogens is 398 g/mol. The molecule has 0 atom stereocenters. The number of thioether (sulfide) groups is 1. The SMILES string of the molecule is CCCc1cc(=O)[nH]c(SCC(=O)Nc2c(-c3ccccc3)nc3ccccn23)n1. The first kappa shape index (κ1) is 19.9. The summed E-state index contributed by atoms with van der Waals surface area (Å²) in [4.78, 5) is 36.3. The molecule has 0 saturated carbocycles. The molecule has 152 valence electrons. The molecule has 7 nitrogen and oxygen atoms in total. The van der Waals surface area contributed by atoms with Gasteiger partial charge in [-0.25, -0.2) is 9.97 Å². The molecule has 1 aromatic carbocycles. The molecule has 0 aliphatic heterocycles. The zero-order valence-electron chi connectivity index (χ0n) is 16.5. The van der Waals surface area contributed by atoms with Crippen LogP contribution in [0.3, 0.4) is 0 Å². The summed E-state index contributed by atoms with van der Waals surface area (Å²) in [6, 6.07) is 16.9. The molecule has 8 heteroatoms. The number of imidazole rings is 1. The minimum atomic E-state index is -0.204. The van der Waals surface area contributed by atoms with Gasteiger partial charge in [0.15, 0.2) is 5.16 Å². The van der Waals surface area contributed by atoms with Crippen LogP contribution in [0.4, 0.5) is 5.82 Å². The second kappa shape index (κ2) is 8.96. The summed E-state index contributed by atoms with van der Waals surface area (Å²) in [7, 11) is 0. The first-order chi connectivity index (χ1) is 14.6. The van der Waals surface area contributed by atoms with Gasteiger partial charge in [0.25, 0.3) is 5.56 Å². The van der Waals surface area contributed by atoms with Gasteiger partial charge in [-0.15, -0.1) is 0 Å². The number of aromatic nitrogens is 4. The van der Waals surface area contributed by atoms with E-state index in [0.29, 0.717) is 16.7 Å². The Bertz CT molecular complexity index is 1230. The largest absolute Gasteiger partial charge is 0.309 e. The average molecular weight is 420 g/mol. The lowest BCUT2D eigenvalue weighted by Gasteiger charge is -2.08. The topological polar surface area (TPSA) is 92.1 Å². The fourth-order valence-electron chi connectivity index (χ4n) is 3.15. The number of pyridine rings is 1. The number of aryl methyl sites for hydroxylation is 1. The van der Waals surface area contributed by atoms with Gasteiger partial charge >= 0.3 is 0 Å². The molecule has 0 fully saturated rings. The van der Waals surface area contributed by atoms with Gasteiger partial charge in [-0.2, -0.15) is 0 Å². The number of anilines is 1. The molecule has 0 saturated heterocycles. The number of benzene rings is 1. The number of amides is 1. The van der Waals surface area contributed by atoms with E-state index < -0.39 is 0 Å². The van der Waals surface area contributed by atoms with Crippen LogP contribution in [-0.2, 0) is 11.2 Å². The summed E-state index contributed by atoms with van der Waals surface area (Å²) in [6.45, 7) is 2.03. The lowest BCUT2D eigenvalue weighted by Crippen LogP contribution is -2.17. The minimum absolute atomic E-state index is 0.118. The fraction of sp³-hybridized carbons (Fsp3) is 0.182. The molecule has 4 aromatic rings. The number of aromatic amines is 1. The monoisotopic (exact) mass is 419 g/mol. The van der Waals surface area contributed by atoms with Crippen molar-refractivity contribution in [2.75, 3.05) is 11.1 Å². The van der Waals surface area contributed by atoms with Gasteiger partial charge in [-0.1, -0.05) is 61.5 Å². The lowest BCUT2D eigenvalue weighted by molar-refractivity contribution is -0.113. The third-order valence-electron chi connectivity index (χ3n) is 4.45. The Morgan fingerprint density at radius 1 is 1.13 bits per heavy atom. The molecule has 3 aromatic heterocycles. The van der Waals surface area contributed by atoms with Crippen LogP contribution in [0.25, 0.3) is 16.9 Å². The molecule has 0 unspecified atom stereocenters. The van der Waals surface area contributed by atoms with Crippen LogP contribution in [-0.4, -0.2) is 31.0 Å². The van der Waals surface area contributed by atoms with Gasteiger partial charge in [0.05, 0.1) is 5.75 Å². The zero-order valence-corrected chi connectivity index (χ0v) is 17.3. The van der Waals surface area contributed by atoms with Crippen molar-refractivity contribution < 1.29 is 4.79 Å². The highest BCUT2D eigenvalue weighted by Gasteiger charge is 2.16. The third-order valence-corrected chi connectivity index (χ3v) is 5.33. The number of rotatable bonds is 7. The summed E-state index contributed by atoms with van der Waals surface area (Å²) < 4.78 is 1.85. The van der Waals surface area contributed by atoms with Gasteiger partial charge < -0.3 is 10.3 Å². The highest BCUT2D eigenvalue weighted by atomic mass is 32.2. The van der Waals surface area contributed by atoms with Crippen molar-refractivity contribution in [3.05, 3.63) is 76.8 Å². The predicted molar refractivity (Wildman–Crippen MR) is 119 cm³/mol. The van der Waals surface area contributed by atoms with E-state index in [1.54, 1.807) is 0 Å². The fourth-order valence-corrected chi connectivity index (χ4v) is 3.85. The van der Waals surface area contributed by atoms with Crippen molar-refractivity contribution in [2.45, 2.75) is 24.9 Å². The van der Waals surface area contributed by atoms with Crippen molar-refractivity contribution in [3.63, 3.8) is 0 Å². The molecular formula is C22H21N5O2S. The Hall–Kier alpha value is -3.39. The number of carbonyl (C=O) groups excluding carboxylic acids is 1. The molecule has 0 aliphatic rings.